The first-order valence-electron chi connectivity index (χ1n) is 8.08. The topological polar surface area (TPSA) is 92.9 Å². The summed E-state index contributed by atoms with van der Waals surface area (Å²) in [5, 5.41) is 9.77. The molecule has 0 spiro atoms. The Morgan fingerprint density at radius 1 is 1.12 bits per heavy atom. The first-order chi connectivity index (χ1) is 12.2. The van der Waals surface area contributed by atoms with E-state index in [1.54, 1.807) is 19.1 Å². The second-order valence-electron chi connectivity index (χ2n) is 5.53. The Morgan fingerprint density at radius 2 is 1.92 bits per heavy atom. The van der Waals surface area contributed by atoms with Crippen molar-refractivity contribution in [2.45, 2.75) is 20.3 Å². The van der Waals surface area contributed by atoms with Gasteiger partial charge in [-0.2, -0.15) is 0 Å². The summed E-state index contributed by atoms with van der Waals surface area (Å²) in [6.45, 7) is 4.39. The van der Waals surface area contributed by atoms with Crippen LogP contribution in [-0.2, 0) is 0 Å². The van der Waals surface area contributed by atoms with Gasteiger partial charge in [0.05, 0.1) is 0 Å². The lowest BCUT2D eigenvalue weighted by atomic mass is 10.2. The molecule has 7 nitrogen and oxygen atoms in total. The van der Waals surface area contributed by atoms with Crippen LogP contribution in [0, 0.1) is 6.92 Å². The first-order valence-corrected chi connectivity index (χ1v) is 8.08. The summed E-state index contributed by atoms with van der Waals surface area (Å²) in [7, 11) is 0. The van der Waals surface area contributed by atoms with Gasteiger partial charge in [0.25, 0.3) is 5.91 Å². The maximum Gasteiger partial charge on any atom is 0.270 e. The second kappa shape index (κ2) is 7.57. The number of hydrogen-bond acceptors (Lipinski definition) is 6. The molecule has 0 radical (unpaired) electrons. The molecule has 1 aromatic carbocycles. The van der Waals surface area contributed by atoms with Crippen LogP contribution < -0.4 is 10.6 Å². The molecule has 0 saturated carbocycles. The van der Waals surface area contributed by atoms with E-state index in [0.717, 1.165) is 12.0 Å². The van der Waals surface area contributed by atoms with Crippen LogP contribution in [0.25, 0.3) is 11.4 Å². The van der Waals surface area contributed by atoms with Crippen molar-refractivity contribution < 1.29 is 9.32 Å². The molecule has 2 aromatic heterocycles. The van der Waals surface area contributed by atoms with Gasteiger partial charge in [-0.25, -0.2) is 9.97 Å². The number of aryl methyl sites for hydroxylation is 1. The number of rotatable bonds is 6. The number of benzene rings is 1. The molecular weight excluding hydrogens is 318 g/mol. The van der Waals surface area contributed by atoms with Gasteiger partial charge in [-0.15, -0.1) is 0 Å². The normalized spacial score (nSPS) is 10.5. The van der Waals surface area contributed by atoms with Gasteiger partial charge in [0, 0.05) is 24.2 Å². The molecule has 128 valence electrons. The van der Waals surface area contributed by atoms with Gasteiger partial charge in [-0.1, -0.05) is 42.4 Å². The molecule has 0 unspecified atom stereocenters. The summed E-state index contributed by atoms with van der Waals surface area (Å²) >= 11 is 0. The van der Waals surface area contributed by atoms with Crippen LogP contribution in [0.5, 0.6) is 0 Å². The summed E-state index contributed by atoms with van der Waals surface area (Å²) in [6.07, 6.45) is 0.853. The number of amides is 1. The predicted octanol–water partition coefficient (Wildman–Crippen LogP) is 3.32. The molecular formula is C18H19N5O2. The van der Waals surface area contributed by atoms with Crippen molar-refractivity contribution >= 4 is 17.5 Å². The van der Waals surface area contributed by atoms with Gasteiger partial charge in [0.15, 0.2) is 11.6 Å². The smallest absolute Gasteiger partial charge is 0.270 e. The molecule has 3 aromatic rings. The minimum Gasteiger partial charge on any atom is -0.360 e. The number of aromatic nitrogens is 3. The van der Waals surface area contributed by atoms with Crippen LogP contribution in [0.1, 0.15) is 29.6 Å². The summed E-state index contributed by atoms with van der Waals surface area (Å²) in [4.78, 5) is 21.2. The number of nitrogens with zero attached hydrogens (tertiary/aromatic N) is 3. The number of carbonyl (C=O) groups is 1. The summed E-state index contributed by atoms with van der Waals surface area (Å²) in [5.74, 6) is 1.91. The number of nitrogens with one attached hydrogen (secondary N) is 2. The van der Waals surface area contributed by atoms with Crippen molar-refractivity contribution in [3.8, 4) is 11.4 Å². The van der Waals surface area contributed by atoms with Crippen LogP contribution in [0.3, 0.4) is 0 Å². The molecule has 7 heteroatoms. The third-order valence-electron chi connectivity index (χ3n) is 3.41. The van der Waals surface area contributed by atoms with Crippen LogP contribution in [0.4, 0.5) is 11.6 Å². The highest BCUT2D eigenvalue weighted by Gasteiger charge is 2.13. The van der Waals surface area contributed by atoms with E-state index in [9.17, 15) is 4.79 Å². The second-order valence-corrected chi connectivity index (χ2v) is 5.53. The fourth-order valence-corrected chi connectivity index (χ4v) is 2.23. The van der Waals surface area contributed by atoms with E-state index in [-0.39, 0.29) is 5.91 Å². The molecule has 2 heterocycles. The van der Waals surface area contributed by atoms with Crippen molar-refractivity contribution in [1.82, 2.24) is 20.4 Å². The Morgan fingerprint density at radius 3 is 2.60 bits per heavy atom. The van der Waals surface area contributed by atoms with E-state index < -0.39 is 0 Å². The van der Waals surface area contributed by atoms with Crippen LogP contribution in [0.15, 0.2) is 47.0 Å². The van der Waals surface area contributed by atoms with Crippen LogP contribution in [-0.4, -0.2) is 27.6 Å². The number of carbonyl (C=O) groups excluding carboxylic acids is 1. The highest BCUT2D eigenvalue weighted by atomic mass is 16.5. The largest absolute Gasteiger partial charge is 0.360 e. The zero-order chi connectivity index (χ0) is 17.6. The maximum atomic E-state index is 12.3. The lowest BCUT2D eigenvalue weighted by Crippen LogP contribution is -2.25. The summed E-state index contributed by atoms with van der Waals surface area (Å²) < 4.78 is 5.05. The van der Waals surface area contributed by atoms with Gasteiger partial charge in [0.2, 0.25) is 0 Å². The van der Waals surface area contributed by atoms with Gasteiger partial charge < -0.3 is 15.2 Å². The monoisotopic (exact) mass is 337 g/mol. The predicted molar refractivity (Wildman–Crippen MR) is 94.6 cm³/mol. The number of hydrogen-bond donors (Lipinski definition) is 2. The van der Waals surface area contributed by atoms with E-state index in [0.29, 0.717) is 35.5 Å². The maximum absolute atomic E-state index is 12.3. The Kier molecular flexibility index (Phi) is 5.03. The van der Waals surface area contributed by atoms with Crippen molar-refractivity contribution in [1.29, 1.82) is 0 Å². The molecule has 2 N–H and O–H groups in total. The average Bonchev–Trinajstić information content (AvgIpc) is 3.04. The Balaban J connectivity index is 1.97. The van der Waals surface area contributed by atoms with Crippen molar-refractivity contribution in [2.75, 3.05) is 11.9 Å². The molecule has 25 heavy (non-hydrogen) atoms. The van der Waals surface area contributed by atoms with Crippen LogP contribution >= 0.6 is 0 Å². The average molecular weight is 337 g/mol. The van der Waals surface area contributed by atoms with Crippen molar-refractivity contribution in [2.24, 2.45) is 0 Å². The Bertz CT molecular complexity index is 861. The lowest BCUT2D eigenvalue weighted by molar-refractivity contribution is 0.0948. The standard InChI is InChI=1S/C18H19N5O2/c1-3-9-19-18(24)14-11-15(21-16-10-12(2)25-23-16)22-17(20-14)13-7-5-4-6-8-13/h4-8,10-11H,3,9H2,1-2H3,(H,19,24)(H,20,21,22,23). The van der Waals surface area contributed by atoms with Crippen LogP contribution in [0.2, 0.25) is 0 Å². The van der Waals surface area contributed by atoms with E-state index >= 15 is 0 Å². The first kappa shape index (κ1) is 16.6. The fourth-order valence-electron chi connectivity index (χ4n) is 2.23. The highest BCUT2D eigenvalue weighted by molar-refractivity contribution is 5.93. The summed E-state index contributed by atoms with van der Waals surface area (Å²) in [6, 6.07) is 12.9. The Hall–Kier alpha value is -3.22. The quantitative estimate of drug-likeness (QED) is 0.717. The zero-order valence-corrected chi connectivity index (χ0v) is 14.1. The molecule has 3 rings (SSSR count). The third-order valence-corrected chi connectivity index (χ3v) is 3.41. The van der Waals surface area contributed by atoms with Gasteiger partial charge in [-0.05, 0) is 13.3 Å². The van der Waals surface area contributed by atoms with Gasteiger partial charge in [0.1, 0.15) is 17.3 Å². The van der Waals surface area contributed by atoms with E-state index in [1.807, 2.05) is 37.3 Å². The molecule has 1 amide bonds. The summed E-state index contributed by atoms with van der Waals surface area (Å²) in [5.41, 5.74) is 1.12. The highest BCUT2D eigenvalue weighted by Crippen LogP contribution is 2.20. The zero-order valence-electron chi connectivity index (χ0n) is 14.1. The van der Waals surface area contributed by atoms with Gasteiger partial charge >= 0.3 is 0 Å². The van der Waals surface area contributed by atoms with E-state index in [2.05, 4.69) is 25.8 Å². The lowest BCUT2D eigenvalue weighted by Gasteiger charge is -2.09. The molecule has 0 atom stereocenters. The van der Waals surface area contributed by atoms with E-state index in [1.165, 1.54) is 0 Å². The van der Waals surface area contributed by atoms with Crippen molar-refractivity contribution in [3.05, 3.63) is 53.9 Å². The van der Waals surface area contributed by atoms with Crippen molar-refractivity contribution in [3.63, 3.8) is 0 Å². The van der Waals surface area contributed by atoms with E-state index in [4.69, 9.17) is 4.52 Å². The molecule has 0 aliphatic heterocycles. The Labute approximate surface area is 145 Å². The molecule has 0 fully saturated rings. The minimum atomic E-state index is -0.235. The number of anilines is 2. The molecule has 0 aliphatic rings. The molecule has 0 bridgehead atoms. The minimum absolute atomic E-state index is 0.235. The third kappa shape index (κ3) is 4.20. The fraction of sp³-hybridized carbons (Fsp3) is 0.222. The molecule has 0 saturated heterocycles. The van der Waals surface area contributed by atoms with Gasteiger partial charge in [-0.3, -0.25) is 4.79 Å². The SMILES string of the molecule is CCCNC(=O)c1cc(Nc2cc(C)on2)nc(-c2ccccc2)n1. The molecule has 0 aliphatic carbocycles.